The van der Waals surface area contributed by atoms with Crippen molar-refractivity contribution in [2.45, 2.75) is 108 Å². The molecule has 3 saturated heterocycles. The van der Waals surface area contributed by atoms with Crippen LogP contribution in [-0.4, -0.2) is 104 Å². The fourth-order valence-corrected chi connectivity index (χ4v) is 8.85. The number of nitrogens with zero attached hydrogens (tertiary/aromatic N) is 1. The molecule has 3 aliphatic rings. The van der Waals surface area contributed by atoms with Gasteiger partial charge in [-0.15, -0.1) is 0 Å². The highest BCUT2D eigenvalue weighted by Crippen LogP contribution is 2.50. The summed E-state index contributed by atoms with van der Waals surface area (Å²) in [5.41, 5.74) is -1.53. The lowest BCUT2D eigenvalue weighted by Gasteiger charge is -2.59. The van der Waals surface area contributed by atoms with Gasteiger partial charge in [0.1, 0.15) is 40.3 Å². The van der Waals surface area contributed by atoms with Crippen LogP contribution < -0.4 is 15.0 Å². The van der Waals surface area contributed by atoms with E-state index in [1.54, 1.807) is 55.5 Å². The summed E-state index contributed by atoms with van der Waals surface area (Å²) < 4.78 is 35.2. The number of anilines is 1. The maximum Gasteiger partial charge on any atom is 0.409 e. The maximum atomic E-state index is 14.1. The van der Waals surface area contributed by atoms with E-state index in [2.05, 4.69) is 11.9 Å². The third-order valence-corrected chi connectivity index (χ3v) is 12.5. The van der Waals surface area contributed by atoms with Gasteiger partial charge in [0.25, 0.3) is 0 Å². The van der Waals surface area contributed by atoms with Crippen molar-refractivity contribution in [2.75, 3.05) is 44.8 Å². The Balaban J connectivity index is 1.58. The Morgan fingerprint density at radius 1 is 1.27 bits per heavy atom. The molecule has 52 heavy (non-hydrogen) atoms. The van der Waals surface area contributed by atoms with Crippen molar-refractivity contribution in [2.24, 2.45) is 5.92 Å². The smallest absolute Gasteiger partial charge is 0.409 e. The lowest BCUT2D eigenvalue weighted by Crippen LogP contribution is -2.72. The number of methoxy groups -OCH3 is 2. The minimum Gasteiger partial charge on any atom is -0.495 e. The Bertz CT molecular complexity index is 1500. The summed E-state index contributed by atoms with van der Waals surface area (Å²) in [6.07, 6.45) is 4.16. The molecule has 8 atom stereocenters. The van der Waals surface area contributed by atoms with E-state index in [0.717, 1.165) is 16.9 Å². The number of amides is 2. The SMILES string of the molecule is C=C/C=C(\C)Cc1cc(OC)c(Cl)c(N(C)C(=O)C[C@H](OC(=O)C2CCC(CSSC)OC2)[C@@]2(C)C[C@@](C)([C@@H]3C[C@](O)([C@@H](C)OC)NC(=O)O3)O2)c1. The number of allylic oxidation sites excluding steroid dienone is 3. The molecular formula is C37H53ClN2O10S2. The molecule has 1 aromatic rings. The number of carbonyl (C=O) groups is 3. The van der Waals surface area contributed by atoms with Crippen LogP contribution in [-0.2, 0) is 39.7 Å². The van der Waals surface area contributed by atoms with Gasteiger partial charge in [0.2, 0.25) is 5.91 Å². The normalized spacial score (nSPS) is 30.2. The van der Waals surface area contributed by atoms with Gasteiger partial charge in [-0.2, -0.15) is 0 Å². The molecule has 3 aliphatic heterocycles. The van der Waals surface area contributed by atoms with Crippen LogP contribution in [0.1, 0.15) is 65.4 Å². The summed E-state index contributed by atoms with van der Waals surface area (Å²) >= 11 is 6.75. The summed E-state index contributed by atoms with van der Waals surface area (Å²) in [6, 6.07) is 3.67. The molecule has 0 bridgehead atoms. The Labute approximate surface area is 320 Å². The Morgan fingerprint density at radius 2 is 1.98 bits per heavy atom. The maximum absolute atomic E-state index is 14.1. The highest BCUT2D eigenvalue weighted by Gasteiger charge is 2.63. The molecule has 2 N–H and O–H groups in total. The Hall–Kier alpha value is -2.46. The molecule has 0 saturated carbocycles. The lowest BCUT2D eigenvalue weighted by atomic mass is 9.72. The molecule has 12 nitrogen and oxygen atoms in total. The van der Waals surface area contributed by atoms with E-state index < -0.39 is 53.2 Å². The number of alkyl carbamates (subject to hydrolysis) is 1. The van der Waals surface area contributed by atoms with Crippen molar-refractivity contribution in [1.29, 1.82) is 0 Å². The zero-order valence-electron chi connectivity index (χ0n) is 31.3. The molecule has 2 unspecified atom stereocenters. The van der Waals surface area contributed by atoms with Gasteiger partial charge < -0.3 is 38.4 Å². The first kappa shape index (κ1) is 42.3. The molecule has 0 aliphatic carbocycles. The number of benzene rings is 1. The van der Waals surface area contributed by atoms with Crippen molar-refractivity contribution in [1.82, 2.24) is 5.32 Å². The van der Waals surface area contributed by atoms with Gasteiger partial charge in [-0.05, 0) is 70.9 Å². The molecule has 1 aromatic carbocycles. The number of carbonyl (C=O) groups excluding carboxylic acids is 3. The van der Waals surface area contributed by atoms with E-state index in [0.29, 0.717) is 30.7 Å². The number of ether oxygens (including phenoxy) is 6. The van der Waals surface area contributed by atoms with Crippen LogP contribution in [0.5, 0.6) is 5.75 Å². The van der Waals surface area contributed by atoms with Crippen LogP contribution in [0.25, 0.3) is 0 Å². The first-order valence-corrected chi connectivity index (χ1v) is 20.4. The topological polar surface area (TPSA) is 142 Å². The Morgan fingerprint density at radius 3 is 2.58 bits per heavy atom. The third kappa shape index (κ3) is 9.79. The summed E-state index contributed by atoms with van der Waals surface area (Å²) in [5.74, 6) is -0.105. The number of hydrogen-bond donors (Lipinski definition) is 2. The van der Waals surface area contributed by atoms with Crippen molar-refractivity contribution < 1.29 is 47.9 Å². The summed E-state index contributed by atoms with van der Waals surface area (Å²) in [6.45, 7) is 11.1. The van der Waals surface area contributed by atoms with Crippen LogP contribution in [0.2, 0.25) is 5.02 Å². The van der Waals surface area contributed by atoms with E-state index >= 15 is 0 Å². The van der Waals surface area contributed by atoms with E-state index in [1.807, 2.05) is 31.4 Å². The second kappa shape index (κ2) is 17.8. The molecule has 0 spiro atoms. The second-order valence-corrected chi connectivity index (χ2v) is 17.2. The number of halogens is 1. The molecule has 4 rings (SSSR count). The molecule has 290 valence electrons. The van der Waals surface area contributed by atoms with Gasteiger partial charge in [-0.25, -0.2) is 4.79 Å². The lowest BCUT2D eigenvalue weighted by molar-refractivity contribution is -0.329. The summed E-state index contributed by atoms with van der Waals surface area (Å²) in [7, 11) is 7.95. The van der Waals surface area contributed by atoms with Gasteiger partial charge in [-0.1, -0.05) is 57.5 Å². The largest absolute Gasteiger partial charge is 0.495 e. The highest BCUT2D eigenvalue weighted by atomic mass is 35.5. The van der Waals surface area contributed by atoms with E-state index in [4.69, 9.17) is 40.0 Å². The number of hydrogen-bond acceptors (Lipinski definition) is 12. The molecule has 15 heteroatoms. The van der Waals surface area contributed by atoms with Crippen molar-refractivity contribution in [3.63, 3.8) is 0 Å². The van der Waals surface area contributed by atoms with Crippen molar-refractivity contribution in [3.8, 4) is 5.75 Å². The molecule has 2 amide bonds. The van der Waals surface area contributed by atoms with Crippen LogP contribution in [0.3, 0.4) is 0 Å². The average molecular weight is 785 g/mol. The van der Waals surface area contributed by atoms with Crippen LogP contribution in [0, 0.1) is 5.92 Å². The third-order valence-electron chi connectivity index (χ3n) is 10.2. The average Bonchev–Trinajstić information content (AvgIpc) is 3.09. The molecule has 3 heterocycles. The quantitative estimate of drug-likeness (QED) is 0.111. The number of rotatable bonds is 16. The highest BCUT2D eigenvalue weighted by molar-refractivity contribution is 8.76. The van der Waals surface area contributed by atoms with Crippen molar-refractivity contribution in [3.05, 3.63) is 47.0 Å². The number of nitrogens with one attached hydrogen (secondary N) is 1. The minimum atomic E-state index is -1.69. The number of cyclic esters (lactones) is 1. The van der Waals surface area contributed by atoms with E-state index in [9.17, 15) is 19.5 Å². The van der Waals surface area contributed by atoms with Gasteiger partial charge >= 0.3 is 12.1 Å². The van der Waals surface area contributed by atoms with Gasteiger partial charge in [-0.3, -0.25) is 14.9 Å². The van der Waals surface area contributed by atoms with Crippen LogP contribution in [0.4, 0.5) is 10.5 Å². The second-order valence-electron chi connectivity index (χ2n) is 14.2. The number of aliphatic hydroxyl groups is 1. The summed E-state index contributed by atoms with van der Waals surface area (Å²) in [4.78, 5) is 41.8. The summed E-state index contributed by atoms with van der Waals surface area (Å²) in [5, 5.41) is 13.9. The van der Waals surface area contributed by atoms with Gasteiger partial charge in [0, 0.05) is 32.8 Å². The standard InChI is InChI=1S/C37H53ClN2O10S2/c1-10-11-22(2)14-24-15-27(32(38)28(16-24)46-8)40(6)31(41)17-29(48-33(42)25-12-13-26(47-19-25)20-52-51-9)35(4)21-36(5,50-35)30-18-37(44,23(3)45-7)39-34(43)49-30/h10-11,15-16,23,25-26,29-30,44H,1,12-14,17-21H2,2-9H3,(H,39,43)/b22-11+/t23-,25?,26?,29+,30+,35-,36+,37+/m1/s1. The first-order valence-electron chi connectivity index (χ1n) is 17.3. The monoisotopic (exact) mass is 784 g/mol. The van der Waals surface area contributed by atoms with Gasteiger partial charge in [0.15, 0.2) is 5.72 Å². The molecule has 3 fully saturated rings. The minimum absolute atomic E-state index is 0.0139. The van der Waals surface area contributed by atoms with Crippen molar-refractivity contribution >= 4 is 56.8 Å². The van der Waals surface area contributed by atoms with E-state index in [1.165, 1.54) is 19.1 Å². The van der Waals surface area contributed by atoms with Crippen LogP contribution >= 0.6 is 33.2 Å². The zero-order chi connectivity index (χ0) is 38.4. The number of esters is 1. The van der Waals surface area contributed by atoms with Gasteiger partial charge in [0.05, 0.1) is 37.8 Å². The van der Waals surface area contributed by atoms with E-state index in [-0.39, 0.29) is 42.9 Å². The van der Waals surface area contributed by atoms with Crippen LogP contribution in [0.15, 0.2) is 36.4 Å². The fraction of sp³-hybridized carbons (Fsp3) is 0.649. The first-order chi connectivity index (χ1) is 24.5. The predicted octanol–water partition coefficient (Wildman–Crippen LogP) is 6.25. The Kier molecular flexibility index (Phi) is 14.5. The zero-order valence-corrected chi connectivity index (χ0v) is 33.7. The predicted molar refractivity (Wildman–Crippen MR) is 204 cm³/mol. The fourth-order valence-electron chi connectivity index (χ4n) is 7.13. The molecular weight excluding hydrogens is 732 g/mol. The molecule has 0 radical (unpaired) electrons. The molecule has 0 aromatic heterocycles.